The van der Waals surface area contributed by atoms with Gasteiger partial charge >= 0.3 is 0 Å². The fraction of sp³-hybridized carbons (Fsp3) is 0.250. The van der Waals surface area contributed by atoms with Gasteiger partial charge in [-0.1, -0.05) is 35.9 Å². The zero-order valence-electron chi connectivity index (χ0n) is 13.4. The Morgan fingerprint density at radius 1 is 1.04 bits per heavy atom. The zero-order valence-corrected chi connectivity index (χ0v) is 13.4. The summed E-state index contributed by atoms with van der Waals surface area (Å²) in [7, 11) is 0. The minimum Gasteiger partial charge on any atom is -0.358 e. The van der Waals surface area contributed by atoms with Crippen molar-refractivity contribution in [3.8, 4) is 0 Å². The first-order chi connectivity index (χ1) is 11.1. The molecule has 2 N–H and O–H groups in total. The maximum atomic E-state index is 13.0. The molecule has 0 atom stereocenters. The predicted molar refractivity (Wildman–Crippen MR) is 93.8 cm³/mol. The number of para-hydroxylation sites is 1. The van der Waals surface area contributed by atoms with Gasteiger partial charge in [-0.05, 0) is 50.5 Å². The van der Waals surface area contributed by atoms with Crippen LogP contribution in [0.5, 0.6) is 0 Å². The van der Waals surface area contributed by atoms with Crippen LogP contribution >= 0.6 is 0 Å². The van der Waals surface area contributed by atoms with Gasteiger partial charge in [0, 0.05) is 22.3 Å². The van der Waals surface area contributed by atoms with Crippen molar-refractivity contribution in [3.05, 3.63) is 65.4 Å². The van der Waals surface area contributed by atoms with Gasteiger partial charge in [0.25, 0.3) is 0 Å². The van der Waals surface area contributed by atoms with Crippen LogP contribution in [0, 0.1) is 13.8 Å². The first kappa shape index (κ1) is 14.1. The molecule has 0 saturated heterocycles. The number of hydrogen-bond donors (Lipinski definition) is 2. The lowest BCUT2D eigenvalue weighted by Crippen LogP contribution is -2.28. The summed E-state index contributed by atoms with van der Waals surface area (Å²) in [6.07, 6.45) is 1.82. The van der Waals surface area contributed by atoms with Gasteiger partial charge in [-0.2, -0.15) is 0 Å². The van der Waals surface area contributed by atoms with Gasteiger partial charge in [0.15, 0.2) is 0 Å². The maximum Gasteiger partial charge on any atom is 0.235 e. The number of anilines is 1. The lowest BCUT2D eigenvalue weighted by atomic mass is 9.92. The van der Waals surface area contributed by atoms with Gasteiger partial charge < -0.3 is 10.3 Å². The topological polar surface area (TPSA) is 44.9 Å². The molecule has 1 aliphatic rings. The van der Waals surface area contributed by atoms with E-state index in [1.807, 2.05) is 43.3 Å². The number of benzene rings is 2. The second-order valence-corrected chi connectivity index (χ2v) is 6.57. The average Bonchev–Trinajstić information content (AvgIpc) is 3.26. The van der Waals surface area contributed by atoms with Crippen LogP contribution in [0.15, 0.2) is 48.5 Å². The molecule has 0 radical (unpaired) electrons. The molecule has 1 aliphatic carbocycles. The average molecular weight is 304 g/mol. The molecule has 0 unspecified atom stereocenters. The lowest BCUT2D eigenvalue weighted by Gasteiger charge is -2.16. The van der Waals surface area contributed by atoms with Gasteiger partial charge in [-0.3, -0.25) is 4.79 Å². The van der Waals surface area contributed by atoms with E-state index < -0.39 is 0 Å². The summed E-state index contributed by atoms with van der Waals surface area (Å²) in [6.45, 7) is 4.11. The Morgan fingerprint density at radius 2 is 1.74 bits per heavy atom. The molecule has 116 valence electrons. The summed E-state index contributed by atoms with van der Waals surface area (Å²) in [4.78, 5) is 16.4. The molecule has 3 nitrogen and oxygen atoms in total. The summed E-state index contributed by atoms with van der Waals surface area (Å²) in [6, 6.07) is 16.2. The van der Waals surface area contributed by atoms with Crippen LogP contribution in [0.4, 0.5) is 5.69 Å². The van der Waals surface area contributed by atoms with Gasteiger partial charge in [0.1, 0.15) is 0 Å². The molecule has 1 heterocycles. The van der Waals surface area contributed by atoms with Crippen LogP contribution in [0.1, 0.15) is 29.7 Å². The fourth-order valence-corrected chi connectivity index (χ4v) is 3.50. The summed E-state index contributed by atoms with van der Waals surface area (Å²) in [5.74, 6) is 0.106. The third kappa shape index (κ3) is 2.24. The largest absolute Gasteiger partial charge is 0.358 e. The van der Waals surface area contributed by atoms with E-state index in [1.165, 1.54) is 10.9 Å². The number of fused-ring (bicyclic) bond motifs is 1. The van der Waals surface area contributed by atoms with E-state index in [0.717, 1.165) is 35.3 Å². The highest BCUT2D eigenvalue weighted by Crippen LogP contribution is 2.52. The van der Waals surface area contributed by atoms with Crippen molar-refractivity contribution >= 4 is 22.5 Å². The van der Waals surface area contributed by atoms with Crippen molar-refractivity contribution in [2.24, 2.45) is 0 Å². The molecule has 1 aromatic heterocycles. The minimum atomic E-state index is -0.380. The minimum absolute atomic E-state index is 0.106. The molecule has 1 amide bonds. The number of carbonyl (C=O) groups is 1. The smallest absolute Gasteiger partial charge is 0.235 e. The molecule has 3 aromatic rings. The number of carbonyl (C=O) groups excluding carboxylic acids is 1. The fourth-order valence-electron chi connectivity index (χ4n) is 3.50. The Labute approximate surface area is 135 Å². The second-order valence-electron chi connectivity index (χ2n) is 6.57. The molecule has 0 aliphatic heterocycles. The molecule has 0 bridgehead atoms. The quantitative estimate of drug-likeness (QED) is 0.737. The number of aromatic amines is 1. The molecule has 1 fully saturated rings. The first-order valence-electron chi connectivity index (χ1n) is 8.06. The van der Waals surface area contributed by atoms with Crippen molar-refractivity contribution in [1.29, 1.82) is 0 Å². The second kappa shape index (κ2) is 4.98. The van der Waals surface area contributed by atoms with E-state index in [4.69, 9.17) is 0 Å². The van der Waals surface area contributed by atoms with Gasteiger partial charge in [-0.25, -0.2) is 0 Å². The molecule has 3 heteroatoms. The molecule has 0 spiro atoms. The molecule has 4 rings (SSSR count). The van der Waals surface area contributed by atoms with Crippen molar-refractivity contribution in [2.75, 3.05) is 5.32 Å². The predicted octanol–water partition coefficient (Wildman–Crippen LogP) is 4.46. The number of aromatic nitrogens is 1. The van der Waals surface area contributed by atoms with Gasteiger partial charge in [0.05, 0.1) is 5.41 Å². The van der Waals surface area contributed by atoms with Crippen LogP contribution in [-0.2, 0) is 10.2 Å². The van der Waals surface area contributed by atoms with Crippen molar-refractivity contribution < 1.29 is 4.79 Å². The maximum absolute atomic E-state index is 13.0. The standard InChI is InChI=1S/C20H20N2O/c1-13-7-9-15(10-8-13)22-19(23)20(11-12-20)18-14(2)21-17-6-4-3-5-16(17)18/h3-10,21H,11-12H2,1-2H3,(H,22,23). The lowest BCUT2D eigenvalue weighted by molar-refractivity contribution is -0.118. The Balaban J connectivity index is 1.71. The van der Waals surface area contributed by atoms with Crippen molar-refractivity contribution in [3.63, 3.8) is 0 Å². The number of amides is 1. The van der Waals surface area contributed by atoms with Gasteiger partial charge in [-0.15, -0.1) is 0 Å². The Kier molecular flexibility index (Phi) is 3.05. The summed E-state index contributed by atoms with van der Waals surface area (Å²) < 4.78 is 0. The summed E-state index contributed by atoms with van der Waals surface area (Å²) >= 11 is 0. The SMILES string of the molecule is Cc1ccc(NC(=O)C2(c3c(C)[nH]c4ccccc34)CC2)cc1. The van der Waals surface area contributed by atoms with E-state index in [-0.39, 0.29) is 11.3 Å². The van der Waals surface area contributed by atoms with Crippen molar-refractivity contribution in [1.82, 2.24) is 4.98 Å². The highest BCUT2D eigenvalue weighted by atomic mass is 16.2. The van der Waals surface area contributed by atoms with E-state index in [9.17, 15) is 4.79 Å². The Bertz CT molecular complexity index is 886. The van der Waals surface area contributed by atoms with Crippen LogP contribution in [0.25, 0.3) is 10.9 Å². The molecule has 23 heavy (non-hydrogen) atoms. The Morgan fingerprint density at radius 3 is 2.43 bits per heavy atom. The van der Waals surface area contributed by atoms with Crippen LogP contribution in [0.3, 0.4) is 0 Å². The summed E-state index contributed by atoms with van der Waals surface area (Å²) in [5.41, 5.74) is 5.05. The monoisotopic (exact) mass is 304 g/mol. The third-order valence-electron chi connectivity index (χ3n) is 4.87. The molecule has 1 saturated carbocycles. The van der Waals surface area contributed by atoms with Crippen molar-refractivity contribution in [2.45, 2.75) is 32.1 Å². The normalized spacial score (nSPS) is 15.6. The Hall–Kier alpha value is -2.55. The summed E-state index contributed by atoms with van der Waals surface area (Å²) in [5, 5.41) is 4.27. The number of nitrogens with one attached hydrogen (secondary N) is 2. The third-order valence-corrected chi connectivity index (χ3v) is 4.87. The van der Waals surface area contributed by atoms with Crippen LogP contribution < -0.4 is 5.32 Å². The highest BCUT2D eigenvalue weighted by Gasteiger charge is 2.53. The highest BCUT2D eigenvalue weighted by molar-refractivity contribution is 6.05. The first-order valence-corrected chi connectivity index (χ1v) is 8.06. The zero-order chi connectivity index (χ0) is 16.0. The van der Waals surface area contributed by atoms with E-state index >= 15 is 0 Å². The molecular weight excluding hydrogens is 284 g/mol. The van der Waals surface area contributed by atoms with E-state index in [1.54, 1.807) is 0 Å². The van der Waals surface area contributed by atoms with E-state index in [0.29, 0.717) is 0 Å². The number of rotatable bonds is 3. The van der Waals surface area contributed by atoms with E-state index in [2.05, 4.69) is 29.4 Å². The van der Waals surface area contributed by atoms with Crippen LogP contribution in [-0.4, -0.2) is 10.9 Å². The number of H-pyrrole nitrogens is 1. The van der Waals surface area contributed by atoms with Crippen LogP contribution in [0.2, 0.25) is 0 Å². The van der Waals surface area contributed by atoms with Gasteiger partial charge in [0.2, 0.25) is 5.91 Å². The molecule has 2 aromatic carbocycles. The number of hydrogen-bond acceptors (Lipinski definition) is 1. The molecular formula is C20H20N2O. The number of aryl methyl sites for hydroxylation is 2.